The van der Waals surface area contributed by atoms with Crippen molar-refractivity contribution in [1.29, 1.82) is 0 Å². The Kier molecular flexibility index (Phi) is 133. The number of ether oxygens (including phenoxy) is 3. The van der Waals surface area contributed by atoms with Crippen LogP contribution in [0.5, 0.6) is 0 Å². The highest BCUT2D eigenvalue weighted by Gasteiger charge is 2.17. The fraction of sp³-hybridized carbons (Fsp3) is 0.901. The Morgan fingerprint density at radius 3 is 0.964 bits per heavy atom. The number of rotatable bonds is 84. The summed E-state index contributed by atoms with van der Waals surface area (Å²) in [6.45, 7) is 69.5. The van der Waals surface area contributed by atoms with Crippen molar-refractivity contribution < 1.29 is 77.2 Å². The van der Waals surface area contributed by atoms with Crippen molar-refractivity contribution in [2.24, 2.45) is 5.92 Å². The molecule has 0 aliphatic heterocycles. The summed E-state index contributed by atoms with van der Waals surface area (Å²) in [5.74, 6) is 2.83. The van der Waals surface area contributed by atoms with E-state index in [1.165, 1.54) is 32.1 Å². The van der Waals surface area contributed by atoms with Crippen molar-refractivity contribution in [2.75, 3.05) is 178 Å². The van der Waals surface area contributed by atoms with Gasteiger partial charge in [-0.05, 0) is 236 Å². The lowest BCUT2D eigenvalue weighted by Crippen LogP contribution is -2.42. The zero-order chi connectivity index (χ0) is 106. The van der Waals surface area contributed by atoms with E-state index in [1.54, 1.807) is 11.8 Å². The van der Waals surface area contributed by atoms with E-state index in [0.29, 0.717) is 133 Å². The van der Waals surface area contributed by atoms with Gasteiger partial charge < -0.3 is 75.5 Å². The molecule has 1 unspecified atom stereocenters. The van der Waals surface area contributed by atoms with Crippen molar-refractivity contribution >= 4 is 64.4 Å². The van der Waals surface area contributed by atoms with Crippen LogP contribution in [0.3, 0.4) is 0 Å². The van der Waals surface area contributed by atoms with Crippen LogP contribution in [0.2, 0.25) is 0 Å². The first kappa shape index (κ1) is 150. The summed E-state index contributed by atoms with van der Waals surface area (Å²) in [5.41, 5.74) is 0. The molecular formula is C111H229N11O16. The summed E-state index contributed by atoms with van der Waals surface area (Å²) < 4.78 is 15.5. The molecule has 0 aromatic rings. The van der Waals surface area contributed by atoms with Gasteiger partial charge in [-0.15, -0.1) is 0 Å². The molecule has 0 aromatic carbocycles. The smallest absolute Gasteiger partial charge is 0.222 e. The van der Waals surface area contributed by atoms with E-state index in [2.05, 4.69) is 176 Å². The Balaban J connectivity index is -0.000000196. The number of carbonyl (C=O) groups is 11. The predicted molar refractivity (Wildman–Crippen MR) is 582 cm³/mol. The molecule has 0 saturated heterocycles. The van der Waals surface area contributed by atoms with Gasteiger partial charge in [0.05, 0.1) is 39.1 Å². The summed E-state index contributed by atoms with van der Waals surface area (Å²) in [6.07, 6.45) is 41.4. The van der Waals surface area contributed by atoms with Gasteiger partial charge in [0.15, 0.2) is 0 Å². The molecule has 27 nitrogen and oxygen atoms in total. The van der Waals surface area contributed by atoms with Crippen molar-refractivity contribution in [3.8, 4) is 0 Å². The van der Waals surface area contributed by atoms with E-state index in [0.717, 1.165) is 317 Å². The lowest BCUT2D eigenvalue weighted by molar-refractivity contribution is -0.132. The van der Waals surface area contributed by atoms with E-state index >= 15 is 0 Å². The van der Waals surface area contributed by atoms with Crippen LogP contribution < -0.4 is 26.6 Å². The molecule has 0 bridgehead atoms. The highest BCUT2D eigenvalue weighted by atomic mass is 16.5. The molecule has 0 radical (unpaired) electrons. The second-order valence-electron chi connectivity index (χ2n) is 37.1. The zero-order valence-corrected chi connectivity index (χ0v) is 95.1. The first-order valence-electron chi connectivity index (χ1n) is 55.9. The molecule has 27 heteroatoms. The van der Waals surface area contributed by atoms with Crippen LogP contribution in [0.15, 0.2) is 0 Å². The second kappa shape index (κ2) is 122. The lowest BCUT2D eigenvalue weighted by Gasteiger charge is -2.30. The first-order chi connectivity index (χ1) is 66.1. The highest BCUT2D eigenvalue weighted by Crippen LogP contribution is 2.12. The Labute approximate surface area is 850 Å². The van der Waals surface area contributed by atoms with E-state index in [-0.39, 0.29) is 59.9 Å². The van der Waals surface area contributed by atoms with Crippen LogP contribution in [0, 0.1) is 5.92 Å². The maximum Gasteiger partial charge on any atom is 0.222 e. The molecule has 0 aliphatic carbocycles. The molecule has 0 aromatic heterocycles. The van der Waals surface area contributed by atoms with Crippen molar-refractivity contribution in [3.63, 3.8) is 0 Å². The zero-order valence-electron chi connectivity index (χ0n) is 95.1. The molecule has 7 N–H and O–H groups in total. The maximum absolute atomic E-state index is 12.1. The average molecular weight is 1970 g/mol. The summed E-state index contributed by atoms with van der Waals surface area (Å²) in [7, 11) is 4.26. The second-order valence-corrected chi connectivity index (χ2v) is 37.1. The summed E-state index contributed by atoms with van der Waals surface area (Å²) in [5, 5.41) is 31.6. The third-order valence-electron chi connectivity index (χ3n) is 22.3. The molecule has 0 saturated carbocycles. The van der Waals surface area contributed by atoms with Gasteiger partial charge in [-0.2, -0.15) is 0 Å². The number of hydrogen-bond donors (Lipinski definition) is 7. The molecule has 0 aliphatic rings. The number of Topliss-reactive ketones (excluding diaryl/α,β-unsaturated/α-hetero) is 5. The normalized spacial score (nSPS) is 10.9. The minimum Gasteiger partial charge on any atom is -0.394 e. The van der Waals surface area contributed by atoms with Gasteiger partial charge in [0.2, 0.25) is 35.4 Å². The fourth-order valence-corrected chi connectivity index (χ4v) is 13.5. The fourth-order valence-electron chi connectivity index (χ4n) is 13.5. The standard InChI is InChI=1S/C19H37NO2.C17H32N2O3.C17H33NO2.C12H26N2O.C11H24N2O.C10H22N2O.C10H22O3.C8H18O2.C7H15NO/c1-4-6-12-18(21)14-8-10-16-20(3)17-11-9-15-19(22)13-7-5-2;1-4-8-15(20)11-7-13-19(17(22)10-6-3)14-12-18-16(21)9-5-2;1-4-10-16(19)12-6-8-14-18(3)15-9-7-13-17(20)11-5-2;1-6-7-12(15)13-8-9-14(10(2)3)11(4)5;1-4-7-8-11(14)12-9-10-13(5-2)6-3;1-5-12(6-2)8-7-11-10(13)9(3)4;1-2-3-4-5-7-12-9-10-13-8-6-11;1-3-4-5-6-10-7-8(2)9;1-3-5-6-8-7(9)4-2/h4-17H2,1-3H3;4-14H2,1-3H3,(H,18,21);4-15H2,1-3H3;10-11H,6-9H2,1-5H3,(H,13,15);4-10H2,1-3H3,(H,12,14);9H,5-8H2,1-4H3,(H,11,13);11H,2-10H2,1H3;8-9H,3-7H2,1-2H3;3-6H2,1-2H3,(H,8,9). The van der Waals surface area contributed by atoms with Crippen molar-refractivity contribution in [1.82, 2.24) is 56.0 Å². The molecule has 1 atom stereocenters. The minimum absolute atomic E-state index is 0.0310. The lowest BCUT2D eigenvalue weighted by atomic mass is 10.1. The molecule has 0 rings (SSSR count). The van der Waals surface area contributed by atoms with Crippen LogP contribution in [-0.2, 0) is 67.0 Å². The van der Waals surface area contributed by atoms with Crippen LogP contribution in [-0.4, -0.2) is 300 Å². The Morgan fingerprint density at radius 2 is 0.601 bits per heavy atom. The van der Waals surface area contributed by atoms with Gasteiger partial charge in [0.25, 0.3) is 0 Å². The van der Waals surface area contributed by atoms with Crippen LogP contribution >= 0.6 is 0 Å². The van der Waals surface area contributed by atoms with Crippen molar-refractivity contribution in [2.45, 2.75) is 473 Å². The molecule has 0 fully saturated rings. The number of amides is 6. The molecule has 6 amide bonds. The Morgan fingerprint density at radius 1 is 0.275 bits per heavy atom. The van der Waals surface area contributed by atoms with E-state index in [1.807, 2.05) is 48.5 Å². The van der Waals surface area contributed by atoms with E-state index in [9.17, 15) is 52.7 Å². The highest BCUT2D eigenvalue weighted by molar-refractivity contribution is 5.81. The molecule has 824 valence electrons. The Bertz CT molecular complexity index is 2560. The average Bonchev–Trinajstić information content (AvgIpc) is 0.935. The van der Waals surface area contributed by atoms with Crippen LogP contribution in [0.4, 0.5) is 0 Å². The number of ketones is 5. The summed E-state index contributed by atoms with van der Waals surface area (Å²) >= 11 is 0. The summed E-state index contributed by atoms with van der Waals surface area (Å²) in [6, 6.07) is 1.07. The number of nitrogens with zero attached hydrogens (tertiary/aromatic N) is 6. The van der Waals surface area contributed by atoms with Gasteiger partial charge in [0.1, 0.15) is 28.9 Å². The number of nitrogens with one attached hydrogen (secondary N) is 5. The van der Waals surface area contributed by atoms with Crippen LogP contribution in [0.25, 0.3) is 0 Å². The van der Waals surface area contributed by atoms with E-state index in [4.69, 9.17) is 24.4 Å². The predicted octanol–water partition coefficient (Wildman–Crippen LogP) is 20.7. The minimum atomic E-state index is -0.318. The number of hydrogen-bond acceptors (Lipinski definition) is 21. The third-order valence-corrected chi connectivity index (χ3v) is 22.3. The van der Waals surface area contributed by atoms with Gasteiger partial charge in [-0.3, -0.25) is 57.6 Å². The molecule has 138 heavy (non-hydrogen) atoms. The molecule has 0 heterocycles. The number of aliphatic hydroxyl groups is 2. The SMILES string of the molecule is CCCC(=O)CCCCN(C)CCCCC(=O)CCC.CCCC(=O)CCCN(CCNC(=O)CCC)C(=O)CCC.CCCC(=O)NCCN(C(C)C)C(C)C.CCCCC(=O)CCCCN(C)CCCCC(=O)CCCC.CCCCC(=O)NCCN(CC)CC.CCCCCCOCCOCCO.CCCCCOCC(C)O.CCCCNC(=O)CC.CCN(CC)CCNC(=O)C(C)C. The number of carbonyl (C=O) groups excluding carboxylic acids is 11. The molecular weight excluding hydrogens is 1740 g/mol. The maximum atomic E-state index is 12.1. The van der Waals surface area contributed by atoms with Gasteiger partial charge in [0, 0.05) is 193 Å². The number of likely N-dealkylation sites (N-methyl/N-ethyl adjacent to an activating group) is 2. The third kappa shape index (κ3) is 129. The van der Waals surface area contributed by atoms with Gasteiger partial charge >= 0.3 is 0 Å². The summed E-state index contributed by atoms with van der Waals surface area (Å²) in [4.78, 5) is 138. The number of aliphatic hydroxyl groups excluding tert-OH is 2. The van der Waals surface area contributed by atoms with Gasteiger partial charge in [-0.1, -0.05) is 189 Å². The van der Waals surface area contributed by atoms with E-state index < -0.39 is 0 Å². The first-order valence-corrected chi connectivity index (χ1v) is 55.9. The van der Waals surface area contributed by atoms with Crippen LogP contribution in [0.1, 0.15) is 455 Å². The number of unbranched alkanes of at least 4 members (excludes halogenated alkanes) is 13. The quantitative estimate of drug-likeness (QED) is 0.0278. The topological polar surface area (TPSA) is 336 Å². The Hall–Kier alpha value is -5.23. The monoisotopic (exact) mass is 1970 g/mol. The largest absolute Gasteiger partial charge is 0.394 e. The van der Waals surface area contributed by atoms with Gasteiger partial charge in [-0.25, -0.2) is 0 Å². The van der Waals surface area contributed by atoms with Crippen molar-refractivity contribution in [3.05, 3.63) is 0 Å². The molecule has 0 spiro atoms.